The second-order valence-corrected chi connectivity index (χ2v) is 4.43. The molecule has 94 valence electrons. The van der Waals surface area contributed by atoms with Crippen molar-refractivity contribution in [1.82, 2.24) is 0 Å². The van der Waals surface area contributed by atoms with Crippen molar-refractivity contribution in [3.05, 3.63) is 24.3 Å². The van der Waals surface area contributed by atoms with Crippen molar-refractivity contribution >= 4 is 5.97 Å². The first-order valence-corrected chi connectivity index (χ1v) is 5.48. The van der Waals surface area contributed by atoms with Crippen LogP contribution in [0, 0.1) is 0 Å². The van der Waals surface area contributed by atoms with Gasteiger partial charge in [0.2, 0.25) is 0 Å². The quantitative estimate of drug-likeness (QED) is 0.827. The number of ether oxygens (including phenoxy) is 2. The van der Waals surface area contributed by atoms with Crippen LogP contribution in [0.2, 0.25) is 0 Å². The molecule has 0 heterocycles. The van der Waals surface area contributed by atoms with Crippen LogP contribution in [0.3, 0.4) is 0 Å². The Hall–Kier alpha value is -1.71. The van der Waals surface area contributed by atoms with Gasteiger partial charge < -0.3 is 14.6 Å². The standard InChI is InChI=1S/C13H18O4/c1-13(2,9-8-12(14)15)17-11-6-4-10(16-3)5-7-11/h4-7H,8-9H2,1-3H3,(H,14,15). The van der Waals surface area contributed by atoms with Gasteiger partial charge in [0.05, 0.1) is 7.11 Å². The summed E-state index contributed by atoms with van der Waals surface area (Å²) in [6.07, 6.45) is 0.567. The Labute approximate surface area is 101 Å². The van der Waals surface area contributed by atoms with Crippen LogP contribution in [0.1, 0.15) is 26.7 Å². The second-order valence-electron chi connectivity index (χ2n) is 4.43. The molecule has 0 aliphatic heterocycles. The van der Waals surface area contributed by atoms with Crippen LogP contribution in [0.25, 0.3) is 0 Å². The maximum Gasteiger partial charge on any atom is 0.303 e. The minimum Gasteiger partial charge on any atom is -0.497 e. The molecule has 1 aromatic rings. The summed E-state index contributed by atoms with van der Waals surface area (Å²) in [5, 5.41) is 8.64. The normalized spacial score (nSPS) is 11.0. The molecular formula is C13H18O4. The van der Waals surface area contributed by atoms with Crippen molar-refractivity contribution in [3.63, 3.8) is 0 Å². The molecule has 0 aliphatic rings. The van der Waals surface area contributed by atoms with Crippen molar-refractivity contribution in [3.8, 4) is 11.5 Å². The third-order valence-corrected chi connectivity index (χ3v) is 2.39. The highest BCUT2D eigenvalue weighted by molar-refractivity contribution is 5.66. The number of rotatable bonds is 6. The van der Waals surface area contributed by atoms with E-state index in [9.17, 15) is 4.79 Å². The number of aliphatic carboxylic acids is 1. The van der Waals surface area contributed by atoms with E-state index in [1.807, 2.05) is 26.0 Å². The number of carbonyl (C=O) groups is 1. The van der Waals surface area contributed by atoms with E-state index in [1.165, 1.54) is 0 Å². The molecule has 1 rings (SSSR count). The van der Waals surface area contributed by atoms with Crippen molar-refractivity contribution in [1.29, 1.82) is 0 Å². The zero-order chi connectivity index (χ0) is 12.9. The predicted octanol–water partition coefficient (Wildman–Crippen LogP) is 2.72. The molecule has 0 aromatic heterocycles. The first kappa shape index (κ1) is 13.4. The van der Waals surface area contributed by atoms with Crippen molar-refractivity contribution < 1.29 is 19.4 Å². The molecule has 0 bridgehead atoms. The van der Waals surface area contributed by atoms with Gasteiger partial charge in [-0.15, -0.1) is 0 Å². The lowest BCUT2D eigenvalue weighted by Gasteiger charge is -2.26. The zero-order valence-electron chi connectivity index (χ0n) is 10.4. The molecule has 0 spiro atoms. The lowest BCUT2D eigenvalue weighted by atomic mass is 10.0. The molecule has 4 heteroatoms. The summed E-state index contributed by atoms with van der Waals surface area (Å²) >= 11 is 0. The average molecular weight is 238 g/mol. The summed E-state index contributed by atoms with van der Waals surface area (Å²) in [5.74, 6) is 0.665. The van der Waals surface area contributed by atoms with E-state index in [0.29, 0.717) is 12.2 Å². The fourth-order valence-electron chi connectivity index (χ4n) is 1.42. The highest BCUT2D eigenvalue weighted by atomic mass is 16.5. The van der Waals surface area contributed by atoms with Crippen LogP contribution in [0.4, 0.5) is 0 Å². The van der Waals surface area contributed by atoms with Crippen LogP contribution < -0.4 is 9.47 Å². The molecule has 0 saturated heterocycles. The Morgan fingerprint density at radius 3 is 2.24 bits per heavy atom. The average Bonchev–Trinajstić information content (AvgIpc) is 2.27. The van der Waals surface area contributed by atoms with E-state index >= 15 is 0 Å². The molecule has 0 fully saturated rings. The number of carboxylic acid groups (broad SMARTS) is 1. The Morgan fingerprint density at radius 2 is 1.76 bits per heavy atom. The summed E-state index contributed by atoms with van der Waals surface area (Å²) in [6.45, 7) is 3.75. The molecule has 0 amide bonds. The van der Waals surface area contributed by atoms with E-state index in [1.54, 1.807) is 19.2 Å². The minimum atomic E-state index is -0.809. The molecule has 0 aliphatic carbocycles. The van der Waals surface area contributed by atoms with E-state index in [4.69, 9.17) is 14.6 Å². The highest BCUT2D eigenvalue weighted by Gasteiger charge is 2.21. The topological polar surface area (TPSA) is 55.8 Å². The lowest BCUT2D eigenvalue weighted by molar-refractivity contribution is -0.138. The SMILES string of the molecule is COc1ccc(OC(C)(C)CCC(=O)O)cc1. The number of hydrogen-bond donors (Lipinski definition) is 1. The summed E-state index contributed by atoms with van der Waals surface area (Å²) in [7, 11) is 1.60. The fourth-order valence-corrected chi connectivity index (χ4v) is 1.42. The van der Waals surface area contributed by atoms with Gasteiger partial charge in [-0.25, -0.2) is 0 Å². The highest BCUT2D eigenvalue weighted by Crippen LogP contribution is 2.24. The maximum atomic E-state index is 10.5. The molecule has 1 N–H and O–H groups in total. The molecular weight excluding hydrogens is 220 g/mol. The Bertz CT molecular complexity index is 368. The number of methoxy groups -OCH3 is 1. The van der Waals surface area contributed by atoms with E-state index < -0.39 is 11.6 Å². The fraction of sp³-hybridized carbons (Fsp3) is 0.462. The van der Waals surface area contributed by atoms with E-state index in [0.717, 1.165) is 5.75 Å². The summed E-state index contributed by atoms with van der Waals surface area (Å²) in [6, 6.07) is 7.23. The summed E-state index contributed by atoms with van der Waals surface area (Å²) in [5.41, 5.74) is -0.493. The Kier molecular flexibility index (Phi) is 4.37. The van der Waals surface area contributed by atoms with Crippen LogP contribution in [-0.2, 0) is 4.79 Å². The van der Waals surface area contributed by atoms with Crippen LogP contribution in [0.5, 0.6) is 11.5 Å². The van der Waals surface area contributed by atoms with Gasteiger partial charge in [0.25, 0.3) is 0 Å². The monoisotopic (exact) mass is 238 g/mol. The molecule has 0 saturated carbocycles. The third-order valence-electron chi connectivity index (χ3n) is 2.39. The van der Waals surface area contributed by atoms with Gasteiger partial charge in [0.1, 0.15) is 17.1 Å². The molecule has 0 atom stereocenters. The van der Waals surface area contributed by atoms with Crippen molar-refractivity contribution in [2.45, 2.75) is 32.3 Å². The summed E-state index contributed by atoms with van der Waals surface area (Å²) < 4.78 is 10.8. The van der Waals surface area contributed by atoms with Gasteiger partial charge in [-0.05, 0) is 44.5 Å². The molecule has 0 unspecified atom stereocenters. The number of hydrogen-bond acceptors (Lipinski definition) is 3. The maximum absolute atomic E-state index is 10.5. The van der Waals surface area contributed by atoms with Gasteiger partial charge >= 0.3 is 5.97 Å². The Balaban J connectivity index is 2.58. The molecule has 4 nitrogen and oxygen atoms in total. The van der Waals surface area contributed by atoms with Crippen LogP contribution in [0.15, 0.2) is 24.3 Å². The summed E-state index contributed by atoms with van der Waals surface area (Å²) in [4.78, 5) is 10.5. The van der Waals surface area contributed by atoms with Gasteiger partial charge in [-0.3, -0.25) is 4.79 Å². The molecule has 0 radical (unpaired) electrons. The van der Waals surface area contributed by atoms with Gasteiger partial charge in [-0.1, -0.05) is 0 Å². The number of carboxylic acids is 1. The van der Waals surface area contributed by atoms with E-state index in [2.05, 4.69) is 0 Å². The second kappa shape index (κ2) is 5.57. The van der Waals surface area contributed by atoms with Crippen LogP contribution in [-0.4, -0.2) is 23.8 Å². The van der Waals surface area contributed by atoms with Gasteiger partial charge in [0.15, 0.2) is 0 Å². The van der Waals surface area contributed by atoms with Crippen LogP contribution >= 0.6 is 0 Å². The first-order chi connectivity index (χ1) is 7.93. The molecule has 1 aromatic carbocycles. The first-order valence-electron chi connectivity index (χ1n) is 5.48. The number of benzene rings is 1. The van der Waals surface area contributed by atoms with Gasteiger partial charge in [0, 0.05) is 6.42 Å². The Morgan fingerprint density at radius 1 is 1.24 bits per heavy atom. The van der Waals surface area contributed by atoms with E-state index in [-0.39, 0.29) is 6.42 Å². The zero-order valence-corrected chi connectivity index (χ0v) is 10.4. The van der Waals surface area contributed by atoms with Gasteiger partial charge in [-0.2, -0.15) is 0 Å². The smallest absolute Gasteiger partial charge is 0.303 e. The van der Waals surface area contributed by atoms with Crippen molar-refractivity contribution in [2.75, 3.05) is 7.11 Å². The lowest BCUT2D eigenvalue weighted by Crippen LogP contribution is -2.28. The minimum absolute atomic E-state index is 0.100. The molecule has 17 heavy (non-hydrogen) atoms. The van der Waals surface area contributed by atoms with Crippen molar-refractivity contribution in [2.24, 2.45) is 0 Å². The third kappa shape index (κ3) is 4.76. The predicted molar refractivity (Wildman–Crippen MR) is 64.6 cm³/mol. The largest absolute Gasteiger partial charge is 0.497 e.